The highest BCUT2D eigenvalue weighted by atomic mass is 19.4. The van der Waals surface area contributed by atoms with Crippen LogP contribution in [-0.4, -0.2) is 18.4 Å². The van der Waals surface area contributed by atoms with Crippen molar-refractivity contribution in [1.82, 2.24) is 5.01 Å². The van der Waals surface area contributed by atoms with E-state index in [0.717, 1.165) is 17.7 Å². The molecule has 23 heavy (non-hydrogen) atoms. The van der Waals surface area contributed by atoms with Gasteiger partial charge >= 0.3 is 6.18 Å². The molecule has 120 valence electrons. The van der Waals surface area contributed by atoms with Crippen LogP contribution in [0.4, 0.5) is 24.5 Å². The van der Waals surface area contributed by atoms with Gasteiger partial charge in [0.2, 0.25) is 0 Å². The average molecular weight is 320 g/mol. The lowest BCUT2D eigenvalue weighted by Gasteiger charge is -2.28. The van der Waals surface area contributed by atoms with Crippen molar-refractivity contribution in [2.24, 2.45) is 4.99 Å². The molecule has 1 aliphatic rings. The number of hydrazine groups is 1. The molecule has 0 bridgehead atoms. The summed E-state index contributed by atoms with van der Waals surface area (Å²) in [4.78, 5) is 4.41. The summed E-state index contributed by atoms with van der Waals surface area (Å²) < 4.78 is 37.9. The lowest BCUT2D eigenvalue weighted by molar-refractivity contribution is -0.137. The fourth-order valence-electron chi connectivity index (χ4n) is 2.44. The smallest absolute Gasteiger partial charge is 0.399 e. The third kappa shape index (κ3) is 3.00. The van der Waals surface area contributed by atoms with E-state index in [0.29, 0.717) is 11.4 Å². The number of alkyl halides is 3. The van der Waals surface area contributed by atoms with Crippen molar-refractivity contribution in [1.29, 1.82) is 0 Å². The predicted octanol–water partition coefficient (Wildman–Crippen LogP) is 3.68. The van der Waals surface area contributed by atoms with Gasteiger partial charge in [0.05, 0.1) is 11.3 Å². The molecule has 3 rings (SSSR count). The van der Waals surface area contributed by atoms with E-state index in [1.54, 1.807) is 23.5 Å². The first-order valence-corrected chi connectivity index (χ1v) is 6.94. The number of nitrogen functional groups attached to an aromatic ring is 1. The predicted molar refractivity (Wildman–Crippen MR) is 83.8 cm³/mol. The molecule has 2 aromatic rings. The standard InChI is InChI=1S/C16H15F3N4/c1-22-15(11-2-6-13(20)7-3-11)21-10-23(22)14-8-4-12(5-9-14)16(17,18)19/h2-10,15H,20H2,1H3. The van der Waals surface area contributed by atoms with Gasteiger partial charge in [0.25, 0.3) is 0 Å². The molecule has 0 fully saturated rings. The van der Waals surface area contributed by atoms with E-state index in [4.69, 9.17) is 5.73 Å². The zero-order valence-electron chi connectivity index (χ0n) is 12.3. The molecule has 4 nitrogen and oxygen atoms in total. The van der Waals surface area contributed by atoms with Crippen molar-refractivity contribution >= 4 is 17.7 Å². The van der Waals surface area contributed by atoms with Crippen molar-refractivity contribution in [3.63, 3.8) is 0 Å². The van der Waals surface area contributed by atoms with E-state index in [1.807, 2.05) is 24.2 Å². The Balaban J connectivity index is 1.80. The van der Waals surface area contributed by atoms with E-state index < -0.39 is 11.7 Å². The van der Waals surface area contributed by atoms with Crippen molar-refractivity contribution < 1.29 is 13.2 Å². The Labute approximate surface area is 131 Å². The van der Waals surface area contributed by atoms with Crippen molar-refractivity contribution in [2.45, 2.75) is 12.3 Å². The summed E-state index contributed by atoms with van der Waals surface area (Å²) in [6.07, 6.45) is -2.97. The molecule has 0 aliphatic carbocycles. The van der Waals surface area contributed by atoms with E-state index in [1.165, 1.54) is 12.1 Å². The number of rotatable bonds is 2. The molecule has 0 aromatic heterocycles. The Morgan fingerprint density at radius 1 is 1.00 bits per heavy atom. The van der Waals surface area contributed by atoms with Crippen LogP contribution in [0, 0.1) is 0 Å². The molecule has 0 spiro atoms. The van der Waals surface area contributed by atoms with Gasteiger partial charge < -0.3 is 5.73 Å². The van der Waals surface area contributed by atoms with E-state index in [-0.39, 0.29) is 6.17 Å². The Kier molecular flexibility index (Phi) is 3.73. The van der Waals surface area contributed by atoms with Gasteiger partial charge in [-0.3, -0.25) is 5.01 Å². The molecule has 0 saturated carbocycles. The SMILES string of the molecule is CN1C(c2ccc(N)cc2)N=CN1c1ccc(C(F)(F)F)cc1. The van der Waals surface area contributed by atoms with Crippen molar-refractivity contribution in [3.8, 4) is 0 Å². The first-order chi connectivity index (χ1) is 10.9. The summed E-state index contributed by atoms with van der Waals surface area (Å²) in [5.41, 5.74) is 7.23. The van der Waals surface area contributed by atoms with Crippen LogP contribution in [-0.2, 0) is 6.18 Å². The number of hydrogen-bond acceptors (Lipinski definition) is 4. The number of anilines is 2. The Hall–Kier alpha value is -2.54. The van der Waals surface area contributed by atoms with Crippen LogP contribution in [0.15, 0.2) is 53.5 Å². The molecular weight excluding hydrogens is 305 g/mol. The van der Waals surface area contributed by atoms with Gasteiger partial charge in [-0.05, 0) is 42.0 Å². The third-order valence-corrected chi connectivity index (χ3v) is 3.70. The number of nitrogens with zero attached hydrogens (tertiary/aromatic N) is 3. The van der Waals surface area contributed by atoms with Crippen LogP contribution in [0.2, 0.25) is 0 Å². The highest BCUT2D eigenvalue weighted by Gasteiger charge is 2.31. The second-order valence-electron chi connectivity index (χ2n) is 5.27. The molecule has 0 amide bonds. The lowest BCUT2D eigenvalue weighted by atomic mass is 10.1. The summed E-state index contributed by atoms with van der Waals surface area (Å²) in [6.45, 7) is 0. The number of nitrogens with two attached hydrogens (primary N) is 1. The van der Waals surface area contributed by atoms with E-state index in [9.17, 15) is 13.2 Å². The highest BCUT2D eigenvalue weighted by molar-refractivity contribution is 5.80. The molecule has 0 radical (unpaired) electrons. The zero-order valence-corrected chi connectivity index (χ0v) is 12.3. The van der Waals surface area contributed by atoms with Gasteiger partial charge in [-0.25, -0.2) is 4.99 Å². The van der Waals surface area contributed by atoms with Crippen LogP contribution >= 0.6 is 0 Å². The van der Waals surface area contributed by atoms with Gasteiger partial charge in [-0.15, -0.1) is 0 Å². The van der Waals surface area contributed by atoms with Crippen LogP contribution in [0.1, 0.15) is 17.3 Å². The molecule has 7 heteroatoms. The largest absolute Gasteiger partial charge is 0.416 e. The van der Waals surface area contributed by atoms with Gasteiger partial charge in [0, 0.05) is 12.7 Å². The minimum absolute atomic E-state index is 0.238. The lowest BCUT2D eigenvalue weighted by Crippen LogP contribution is -2.35. The van der Waals surface area contributed by atoms with Gasteiger partial charge in [0.1, 0.15) is 12.5 Å². The molecule has 2 N–H and O–H groups in total. The molecule has 1 aliphatic heterocycles. The van der Waals surface area contributed by atoms with Crippen LogP contribution in [0.25, 0.3) is 0 Å². The summed E-state index contributed by atoms with van der Waals surface area (Å²) in [6, 6.07) is 12.3. The second kappa shape index (κ2) is 5.58. The molecular formula is C16H15F3N4. The number of aliphatic imine (C=N–C) groups is 1. The first-order valence-electron chi connectivity index (χ1n) is 6.94. The number of halogens is 3. The molecule has 1 unspecified atom stereocenters. The summed E-state index contributed by atoms with van der Waals surface area (Å²) in [5.74, 6) is 0. The second-order valence-corrected chi connectivity index (χ2v) is 5.27. The van der Waals surface area contributed by atoms with Gasteiger partial charge in [0.15, 0.2) is 0 Å². The maximum atomic E-state index is 12.6. The number of benzene rings is 2. The van der Waals surface area contributed by atoms with Crippen LogP contribution < -0.4 is 10.7 Å². The van der Waals surface area contributed by atoms with Crippen LogP contribution in [0.5, 0.6) is 0 Å². The summed E-state index contributed by atoms with van der Waals surface area (Å²) in [7, 11) is 1.83. The van der Waals surface area contributed by atoms with Gasteiger partial charge in [-0.2, -0.15) is 18.2 Å². The average Bonchev–Trinajstić information content (AvgIpc) is 2.89. The van der Waals surface area contributed by atoms with E-state index in [2.05, 4.69) is 4.99 Å². The maximum absolute atomic E-state index is 12.6. The monoisotopic (exact) mass is 320 g/mol. The Morgan fingerprint density at radius 3 is 2.17 bits per heavy atom. The molecule has 2 aromatic carbocycles. The van der Waals surface area contributed by atoms with Crippen molar-refractivity contribution in [2.75, 3.05) is 17.8 Å². The molecule has 0 saturated heterocycles. The number of hydrogen-bond donors (Lipinski definition) is 1. The fraction of sp³-hybridized carbons (Fsp3) is 0.188. The van der Waals surface area contributed by atoms with Crippen molar-refractivity contribution in [3.05, 3.63) is 59.7 Å². The molecule has 1 atom stereocenters. The summed E-state index contributed by atoms with van der Waals surface area (Å²) in [5, 5.41) is 3.55. The zero-order chi connectivity index (χ0) is 16.6. The fourth-order valence-corrected chi connectivity index (χ4v) is 2.44. The quantitative estimate of drug-likeness (QED) is 0.859. The minimum atomic E-state index is -4.34. The first kappa shape index (κ1) is 15.4. The normalized spacial score (nSPS) is 18.6. The molecule has 1 heterocycles. The van der Waals surface area contributed by atoms with Crippen LogP contribution in [0.3, 0.4) is 0 Å². The van der Waals surface area contributed by atoms with E-state index >= 15 is 0 Å². The minimum Gasteiger partial charge on any atom is -0.399 e. The highest BCUT2D eigenvalue weighted by Crippen LogP contribution is 2.33. The third-order valence-electron chi connectivity index (χ3n) is 3.70. The maximum Gasteiger partial charge on any atom is 0.416 e. The van der Waals surface area contributed by atoms with Gasteiger partial charge in [-0.1, -0.05) is 12.1 Å². The topological polar surface area (TPSA) is 44.9 Å². The Bertz CT molecular complexity index is 708. The summed E-state index contributed by atoms with van der Waals surface area (Å²) >= 11 is 0. The Morgan fingerprint density at radius 2 is 1.61 bits per heavy atom.